The third-order valence-electron chi connectivity index (χ3n) is 1.48. The molecule has 0 unspecified atom stereocenters. The van der Waals surface area contributed by atoms with Crippen LogP contribution in [0.4, 0.5) is 22.0 Å². The molecule has 0 N–H and O–H groups in total. The molecule has 0 nitrogen and oxygen atoms in total. The van der Waals surface area contributed by atoms with Crippen molar-refractivity contribution in [2.45, 2.75) is 20.0 Å². The molecule has 0 amide bonds. The van der Waals surface area contributed by atoms with Crippen LogP contribution in [0.3, 0.4) is 0 Å². The molecule has 5 heteroatoms. The van der Waals surface area contributed by atoms with E-state index in [9.17, 15) is 22.0 Å². The Hall–Kier alpha value is -1.13. The standard InChI is InChI=1S/C9H9F5/c1-3-6(2)4-8(11)7(5-10)9(12,13)14/h3-5H,1-2H3/b6-3-,7-5-,8-4+. The minimum Gasteiger partial charge on any atom is -0.215 e. The lowest BCUT2D eigenvalue weighted by Crippen LogP contribution is -2.12. The van der Waals surface area contributed by atoms with E-state index in [1.165, 1.54) is 19.9 Å². The Balaban J connectivity index is 5.02. The van der Waals surface area contributed by atoms with E-state index in [1.807, 2.05) is 0 Å². The summed E-state index contributed by atoms with van der Waals surface area (Å²) < 4.78 is 60.3. The van der Waals surface area contributed by atoms with Gasteiger partial charge in [0.2, 0.25) is 0 Å². The number of hydrogen-bond acceptors (Lipinski definition) is 0. The summed E-state index contributed by atoms with van der Waals surface area (Å²) >= 11 is 0. The highest BCUT2D eigenvalue weighted by atomic mass is 19.4. The maximum Gasteiger partial charge on any atom is 0.421 e. The first kappa shape index (κ1) is 12.9. The van der Waals surface area contributed by atoms with Crippen molar-refractivity contribution in [3.63, 3.8) is 0 Å². The fraction of sp³-hybridized carbons (Fsp3) is 0.333. The maximum atomic E-state index is 12.8. The monoisotopic (exact) mass is 212 g/mol. The predicted molar refractivity (Wildman–Crippen MR) is 43.9 cm³/mol. The summed E-state index contributed by atoms with van der Waals surface area (Å²) in [5.41, 5.74) is -1.62. The predicted octanol–water partition coefficient (Wildman–Crippen LogP) is 4.22. The van der Waals surface area contributed by atoms with Crippen LogP contribution >= 0.6 is 0 Å². The van der Waals surface area contributed by atoms with Gasteiger partial charge in [0, 0.05) is 0 Å². The number of alkyl halides is 3. The van der Waals surface area contributed by atoms with E-state index in [0.29, 0.717) is 6.08 Å². The summed E-state index contributed by atoms with van der Waals surface area (Å²) in [6, 6.07) is 0. The molecule has 0 aromatic heterocycles. The molecule has 0 heterocycles. The van der Waals surface area contributed by atoms with E-state index in [4.69, 9.17) is 0 Å². The molecule has 0 aliphatic heterocycles. The smallest absolute Gasteiger partial charge is 0.215 e. The third-order valence-corrected chi connectivity index (χ3v) is 1.48. The van der Waals surface area contributed by atoms with Crippen molar-refractivity contribution >= 4 is 0 Å². The Kier molecular flexibility index (Phi) is 4.53. The summed E-state index contributed by atoms with van der Waals surface area (Å²) in [5, 5.41) is 0. The highest BCUT2D eigenvalue weighted by molar-refractivity contribution is 5.33. The molecular weight excluding hydrogens is 203 g/mol. The van der Waals surface area contributed by atoms with E-state index in [-0.39, 0.29) is 5.57 Å². The van der Waals surface area contributed by atoms with Gasteiger partial charge in [0.05, 0.1) is 0 Å². The average molecular weight is 212 g/mol. The van der Waals surface area contributed by atoms with Crippen LogP contribution in [0.15, 0.2) is 35.5 Å². The van der Waals surface area contributed by atoms with Gasteiger partial charge in [-0.1, -0.05) is 11.6 Å². The Morgan fingerprint density at radius 2 is 1.71 bits per heavy atom. The van der Waals surface area contributed by atoms with Gasteiger partial charge in [0.15, 0.2) is 0 Å². The van der Waals surface area contributed by atoms with Crippen LogP contribution in [0, 0.1) is 0 Å². The van der Waals surface area contributed by atoms with Crippen LogP contribution in [0.25, 0.3) is 0 Å². The van der Waals surface area contributed by atoms with Gasteiger partial charge in [0.1, 0.15) is 17.7 Å². The van der Waals surface area contributed by atoms with Crippen molar-refractivity contribution in [1.29, 1.82) is 0 Å². The summed E-state index contributed by atoms with van der Waals surface area (Å²) in [5.74, 6) is -1.63. The zero-order valence-electron chi connectivity index (χ0n) is 7.62. The van der Waals surface area contributed by atoms with Crippen molar-refractivity contribution in [3.8, 4) is 0 Å². The Morgan fingerprint density at radius 3 is 2.00 bits per heavy atom. The van der Waals surface area contributed by atoms with Gasteiger partial charge in [-0.05, 0) is 19.9 Å². The lowest BCUT2D eigenvalue weighted by molar-refractivity contribution is -0.0919. The molecule has 0 aliphatic carbocycles. The molecule has 0 aliphatic rings. The molecule has 0 aromatic carbocycles. The highest BCUT2D eigenvalue weighted by Gasteiger charge is 2.36. The van der Waals surface area contributed by atoms with Gasteiger partial charge in [-0.15, -0.1) is 0 Å². The van der Waals surface area contributed by atoms with Gasteiger partial charge < -0.3 is 0 Å². The van der Waals surface area contributed by atoms with E-state index in [2.05, 4.69) is 0 Å². The van der Waals surface area contributed by atoms with Gasteiger partial charge in [-0.3, -0.25) is 0 Å². The molecule has 0 aromatic rings. The molecule has 0 saturated carbocycles. The number of halogens is 5. The number of allylic oxidation sites excluding steroid dienone is 5. The van der Waals surface area contributed by atoms with Crippen LogP contribution in [0.1, 0.15) is 13.8 Å². The topological polar surface area (TPSA) is 0 Å². The first-order valence-electron chi connectivity index (χ1n) is 3.71. The van der Waals surface area contributed by atoms with Gasteiger partial charge in [0.25, 0.3) is 0 Å². The summed E-state index contributed by atoms with van der Waals surface area (Å²) in [6.07, 6.45) is -3.76. The summed E-state index contributed by atoms with van der Waals surface area (Å²) in [7, 11) is 0. The Labute approximate surface area is 78.4 Å². The lowest BCUT2D eigenvalue weighted by Gasteiger charge is -2.07. The van der Waals surface area contributed by atoms with E-state index >= 15 is 0 Å². The summed E-state index contributed by atoms with van der Waals surface area (Å²) in [6.45, 7) is 2.94. The van der Waals surface area contributed by atoms with Crippen LogP contribution in [-0.2, 0) is 0 Å². The van der Waals surface area contributed by atoms with Gasteiger partial charge >= 0.3 is 6.18 Å². The quantitative estimate of drug-likeness (QED) is 0.474. The zero-order valence-corrected chi connectivity index (χ0v) is 7.62. The van der Waals surface area contributed by atoms with E-state index < -0.39 is 23.9 Å². The van der Waals surface area contributed by atoms with Crippen molar-refractivity contribution in [1.82, 2.24) is 0 Å². The Morgan fingerprint density at radius 1 is 1.21 bits per heavy atom. The van der Waals surface area contributed by atoms with Gasteiger partial charge in [-0.25, -0.2) is 8.78 Å². The molecule has 0 fully saturated rings. The number of hydrogen-bond donors (Lipinski definition) is 0. The molecule has 0 spiro atoms. The second-order valence-corrected chi connectivity index (χ2v) is 2.55. The van der Waals surface area contributed by atoms with Crippen LogP contribution in [0.2, 0.25) is 0 Å². The molecule has 80 valence electrons. The van der Waals surface area contributed by atoms with Crippen LogP contribution < -0.4 is 0 Å². The van der Waals surface area contributed by atoms with Crippen LogP contribution in [0.5, 0.6) is 0 Å². The largest absolute Gasteiger partial charge is 0.421 e. The molecule has 0 saturated heterocycles. The SMILES string of the molecule is C\C=C(C)/C=C(F)\C(=C\F)C(F)(F)F. The van der Waals surface area contributed by atoms with Crippen molar-refractivity contribution in [2.24, 2.45) is 0 Å². The molecule has 0 rings (SSSR count). The maximum absolute atomic E-state index is 12.8. The molecule has 0 bridgehead atoms. The second kappa shape index (κ2) is 4.93. The van der Waals surface area contributed by atoms with Crippen molar-refractivity contribution in [2.75, 3.05) is 0 Å². The highest BCUT2D eigenvalue weighted by Crippen LogP contribution is 2.32. The Bertz CT molecular complexity index is 280. The van der Waals surface area contributed by atoms with Crippen molar-refractivity contribution in [3.05, 3.63) is 35.5 Å². The van der Waals surface area contributed by atoms with E-state index in [1.54, 1.807) is 0 Å². The first-order chi connectivity index (χ1) is 6.32. The third kappa shape index (κ3) is 3.72. The fourth-order valence-electron chi connectivity index (χ4n) is 0.610. The van der Waals surface area contributed by atoms with E-state index in [0.717, 1.165) is 0 Å². The first-order valence-corrected chi connectivity index (χ1v) is 3.71. The number of rotatable bonds is 2. The van der Waals surface area contributed by atoms with Crippen molar-refractivity contribution < 1.29 is 22.0 Å². The molecule has 14 heavy (non-hydrogen) atoms. The zero-order chi connectivity index (χ0) is 11.4. The average Bonchev–Trinajstić information content (AvgIpc) is 2.02. The van der Waals surface area contributed by atoms with Crippen LogP contribution in [-0.4, -0.2) is 6.18 Å². The molecule has 0 radical (unpaired) electrons. The molecule has 0 atom stereocenters. The summed E-state index contributed by atoms with van der Waals surface area (Å²) in [4.78, 5) is 0. The second-order valence-electron chi connectivity index (χ2n) is 2.55. The normalized spacial score (nSPS) is 16.1. The molecular formula is C9H9F5. The minimum atomic E-state index is -5.01. The fourth-order valence-corrected chi connectivity index (χ4v) is 0.610. The van der Waals surface area contributed by atoms with Gasteiger partial charge in [-0.2, -0.15) is 13.2 Å². The lowest BCUT2D eigenvalue weighted by atomic mass is 10.2. The minimum absolute atomic E-state index is 0.283.